The van der Waals surface area contributed by atoms with Crippen LogP contribution in [0.4, 0.5) is 5.69 Å². The van der Waals surface area contributed by atoms with E-state index in [-0.39, 0.29) is 18.0 Å². The highest BCUT2D eigenvalue weighted by Gasteiger charge is 2.12. The number of rotatable bonds is 4. The minimum atomic E-state index is -0.539. The van der Waals surface area contributed by atoms with E-state index in [4.69, 9.17) is 4.74 Å². The highest BCUT2D eigenvalue weighted by Crippen LogP contribution is 2.23. The van der Waals surface area contributed by atoms with E-state index in [2.05, 4.69) is 4.74 Å². The first-order valence-electron chi connectivity index (χ1n) is 4.49. The van der Waals surface area contributed by atoms with Crippen molar-refractivity contribution >= 4 is 11.7 Å². The van der Waals surface area contributed by atoms with Crippen molar-refractivity contribution in [2.75, 3.05) is 13.7 Å². The molecular weight excluding hydrogens is 214 g/mol. The lowest BCUT2D eigenvalue weighted by molar-refractivity contribution is -0.385. The van der Waals surface area contributed by atoms with Crippen LogP contribution in [0.25, 0.3) is 0 Å². The first-order valence-corrected chi connectivity index (χ1v) is 4.49. The maximum atomic E-state index is 10.8. The smallest absolute Gasteiger partial charge is 0.343 e. The average molecular weight is 225 g/mol. The molecule has 1 aromatic rings. The van der Waals surface area contributed by atoms with Gasteiger partial charge in [0.1, 0.15) is 5.75 Å². The Morgan fingerprint density at radius 2 is 2.19 bits per heavy atom. The summed E-state index contributed by atoms with van der Waals surface area (Å²) < 4.78 is 9.40. The predicted octanol–water partition coefficient (Wildman–Crippen LogP) is 1.46. The second kappa shape index (κ2) is 5.11. The van der Waals surface area contributed by atoms with Crippen LogP contribution >= 0.6 is 0 Å². The third kappa shape index (κ3) is 2.94. The lowest BCUT2D eigenvalue weighted by Crippen LogP contribution is -2.12. The van der Waals surface area contributed by atoms with E-state index in [1.54, 1.807) is 19.1 Å². The highest BCUT2D eigenvalue weighted by atomic mass is 16.6. The van der Waals surface area contributed by atoms with Crippen molar-refractivity contribution in [3.8, 4) is 5.75 Å². The molecule has 86 valence electrons. The minimum Gasteiger partial charge on any atom is -0.482 e. The Morgan fingerprint density at radius 3 is 2.75 bits per heavy atom. The summed E-state index contributed by atoms with van der Waals surface area (Å²) in [5.41, 5.74) is 0.498. The van der Waals surface area contributed by atoms with Crippen molar-refractivity contribution in [2.45, 2.75) is 6.92 Å². The lowest BCUT2D eigenvalue weighted by atomic mass is 10.2. The zero-order chi connectivity index (χ0) is 12.1. The fourth-order valence-electron chi connectivity index (χ4n) is 1.08. The second-order valence-corrected chi connectivity index (χ2v) is 3.07. The summed E-state index contributed by atoms with van der Waals surface area (Å²) in [5, 5.41) is 10.6. The van der Waals surface area contributed by atoms with Gasteiger partial charge >= 0.3 is 5.97 Å². The lowest BCUT2D eigenvalue weighted by Gasteiger charge is -2.05. The van der Waals surface area contributed by atoms with Crippen LogP contribution in [0.15, 0.2) is 18.2 Å². The van der Waals surface area contributed by atoms with Gasteiger partial charge in [-0.2, -0.15) is 0 Å². The van der Waals surface area contributed by atoms with Crippen LogP contribution in [0.1, 0.15) is 5.56 Å². The van der Waals surface area contributed by atoms with Crippen molar-refractivity contribution < 1.29 is 19.2 Å². The molecule has 0 spiro atoms. The number of nitro groups is 1. The number of hydrogen-bond acceptors (Lipinski definition) is 5. The number of hydrogen-bond donors (Lipinski definition) is 0. The number of methoxy groups -OCH3 is 1. The number of carbonyl (C=O) groups is 1. The Kier molecular flexibility index (Phi) is 3.82. The molecule has 0 radical (unpaired) electrons. The van der Waals surface area contributed by atoms with Gasteiger partial charge in [0.25, 0.3) is 5.69 Å². The first kappa shape index (κ1) is 12.0. The molecule has 0 aromatic heterocycles. The molecule has 0 amide bonds. The molecule has 0 atom stereocenters. The van der Waals surface area contributed by atoms with Gasteiger partial charge in [-0.3, -0.25) is 10.1 Å². The largest absolute Gasteiger partial charge is 0.482 e. The van der Waals surface area contributed by atoms with Gasteiger partial charge in [0, 0.05) is 5.56 Å². The summed E-state index contributed by atoms with van der Waals surface area (Å²) in [6.07, 6.45) is 0. The second-order valence-electron chi connectivity index (χ2n) is 3.07. The zero-order valence-corrected chi connectivity index (χ0v) is 8.93. The summed E-state index contributed by atoms with van der Waals surface area (Å²) >= 11 is 0. The van der Waals surface area contributed by atoms with E-state index >= 15 is 0 Å². The average Bonchev–Trinajstić information content (AvgIpc) is 2.27. The number of aryl methyl sites for hydroxylation is 1. The summed E-state index contributed by atoms with van der Waals surface area (Å²) in [5.74, 6) is -0.272. The summed E-state index contributed by atoms with van der Waals surface area (Å²) in [6.45, 7) is 1.36. The molecule has 0 saturated carbocycles. The molecule has 1 rings (SSSR count). The quantitative estimate of drug-likeness (QED) is 0.440. The van der Waals surface area contributed by atoms with Gasteiger partial charge in [0.15, 0.2) is 6.61 Å². The molecule has 0 bridgehead atoms. The molecule has 0 aliphatic carbocycles. The topological polar surface area (TPSA) is 78.7 Å². The molecule has 6 heteroatoms. The van der Waals surface area contributed by atoms with Crippen LogP contribution in [0.3, 0.4) is 0 Å². The molecule has 0 N–H and O–H groups in total. The van der Waals surface area contributed by atoms with Crippen LogP contribution in [0.2, 0.25) is 0 Å². The Morgan fingerprint density at radius 1 is 1.50 bits per heavy atom. The molecule has 0 aliphatic heterocycles. The number of carbonyl (C=O) groups excluding carboxylic acids is 1. The Bertz CT molecular complexity index is 416. The Labute approximate surface area is 91.9 Å². The number of benzene rings is 1. The Hall–Kier alpha value is -2.11. The van der Waals surface area contributed by atoms with Gasteiger partial charge in [-0.25, -0.2) is 4.79 Å². The number of ether oxygens (including phenoxy) is 2. The van der Waals surface area contributed by atoms with Crippen LogP contribution < -0.4 is 4.74 Å². The number of nitro benzene ring substituents is 1. The summed E-state index contributed by atoms with van der Waals surface area (Å²) in [6, 6.07) is 4.40. The normalized spacial score (nSPS) is 9.62. The van der Waals surface area contributed by atoms with Gasteiger partial charge in [-0.15, -0.1) is 0 Å². The van der Waals surface area contributed by atoms with Crippen molar-refractivity contribution in [1.29, 1.82) is 0 Å². The highest BCUT2D eigenvalue weighted by molar-refractivity contribution is 5.70. The first-order chi connectivity index (χ1) is 7.54. The van der Waals surface area contributed by atoms with Crippen molar-refractivity contribution in [1.82, 2.24) is 0 Å². The van der Waals surface area contributed by atoms with Crippen LogP contribution in [-0.4, -0.2) is 24.6 Å². The summed E-state index contributed by atoms with van der Waals surface area (Å²) in [4.78, 5) is 20.9. The van der Waals surface area contributed by atoms with Crippen LogP contribution in [0, 0.1) is 17.0 Å². The van der Waals surface area contributed by atoms with E-state index in [1.165, 1.54) is 13.2 Å². The van der Waals surface area contributed by atoms with E-state index in [0.717, 1.165) is 0 Å². The zero-order valence-electron chi connectivity index (χ0n) is 8.93. The summed E-state index contributed by atoms with van der Waals surface area (Å²) in [7, 11) is 1.24. The van der Waals surface area contributed by atoms with E-state index in [9.17, 15) is 14.9 Å². The van der Waals surface area contributed by atoms with Crippen molar-refractivity contribution in [2.24, 2.45) is 0 Å². The number of esters is 1. The van der Waals surface area contributed by atoms with Gasteiger partial charge in [0.05, 0.1) is 18.1 Å². The molecule has 0 saturated heterocycles. The molecule has 0 fully saturated rings. The van der Waals surface area contributed by atoms with Gasteiger partial charge in [0.2, 0.25) is 0 Å². The Balaban J connectivity index is 2.79. The third-order valence-corrected chi connectivity index (χ3v) is 1.96. The van der Waals surface area contributed by atoms with Crippen LogP contribution in [-0.2, 0) is 9.53 Å². The molecule has 0 heterocycles. The molecule has 1 aromatic carbocycles. The minimum absolute atomic E-state index is 0.0395. The van der Waals surface area contributed by atoms with E-state index in [0.29, 0.717) is 5.56 Å². The monoisotopic (exact) mass is 225 g/mol. The molecule has 16 heavy (non-hydrogen) atoms. The SMILES string of the molecule is COC(=O)COc1ccc(C)c([N+](=O)[O-])c1. The maximum Gasteiger partial charge on any atom is 0.343 e. The molecule has 6 nitrogen and oxygen atoms in total. The molecular formula is C10H11NO5. The van der Waals surface area contributed by atoms with Gasteiger partial charge < -0.3 is 9.47 Å². The number of nitrogens with zero attached hydrogens (tertiary/aromatic N) is 1. The predicted molar refractivity (Wildman–Crippen MR) is 55.3 cm³/mol. The standard InChI is InChI=1S/C10H11NO5/c1-7-3-4-8(5-9(7)11(13)14)16-6-10(12)15-2/h3-5H,6H2,1-2H3. The third-order valence-electron chi connectivity index (χ3n) is 1.96. The van der Waals surface area contributed by atoms with E-state index < -0.39 is 10.9 Å². The van der Waals surface area contributed by atoms with Gasteiger partial charge in [-0.1, -0.05) is 0 Å². The maximum absolute atomic E-state index is 10.8. The van der Waals surface area contributed by atoms with Crippen molar-refractivity contribution in [3.63, 3.8) is 0 Å². The fourth-order valence-corrected chi connectivity index (χ4v) is 1.08. The van der Waals surface area contributed by atoms with E-state index in [1.807, 2.05) is 0 Å². The van der Waals surface area contributed by atoms with Crippen molar-refractivity contribution in [3.05, 3.63) is 33.9 Å². The molecule has 0 unspecified atom stereocenters. The fraction of sp³-hybridized carbons (Fsp3) is 0.300. The van der Waals surface area contributed by atoms with Crippen LogP contribution in [0.5, 0.6) is 5.75 Å². The van der Waals surface area contributed by atoms with Gasteiger partial charge in [-0.05, 0) is 19.1 Å². The molecule has 0 aliphatic rings.